The van der Waals surface area contributed by atoms with Crippen LogP contribution in [-0.4, -0.2) is 5.78 Å². The first-order valence-corrected chi connectivity index (χ1v) is 6.75. The van der Waals surface area contributed by atoms with Gasteiger partial charge in [0.15, 0.2) is 0 Å². The van der Waals surface area contributed by atoms with Crippen LogP contribution in [0.5, 0.6) is 0 Å². The molecule has 0 radical (unpaired) electrons. The van der Waals surface area contributed by atoms with E-state index in [0.29, 0.717) is 17.9 Å². The number of halogens is 1. The summed E-state index contributed by atoms with van der Waals surface area (Å²) in [6.45, 7) is 4.08. The summed E-state index contributed by atoms with van der Waals surface area (Å²) in [4.78, 5) is 12.1. The molecule has 0 unspecified atom stereocenters. The number of Topliss-reactive ketones (excluding diaryl/α,β-unsaturated/α-hetero) is 1. The van der Waals surface area contributed by atoms with Gasteiger partial charge in [0.05, 0.1) is 0 Å². The lowest BCUT2D eigenvalue weighted by atomic mass is 9.98. The number of aryl methyl sites for hydroxylation is 2. The van der Waals surface area contributed by atoms with Crippen molar-refractivity contribution in [2.45, 2.75) is 26.7 Å². The molecule has 2 aromatic carbocycles. The molecule has 0 fully saturated rings. The van der Waals surface area contributed by atoms with Crippen LogP contribution in [0.3, 0.4) is 0 Å². The Morgan fingerprint density at radius 2 is 1.68 bits per heavy atom. The summed E-state index contributed by atoms with van der Waals surface area (Å²) < 4.78 is 0. The third-order valence-corrected chi connectivity index (χ3v) is 3.61. The summed E-state index contributed by atoms with van der Waals surface area (Å²) in [5.41, 5.74) is 4.36. The maximum atomic E-state index is 12.1. The highest BCUT2D eigenvalue weighted by atomic mass is 35.5. The third kappa shape index (κ3) is 3.68. The van der Waals surface area contributed by atoms with Gasteiger partial charge in [-0.2, -0.15) is 0 Å². The molecular weight excluding hydrogens is 256 g/mol. The molecule has 98 valence electrons. The van der Waals surface area contributed by atoms with Gasteiger partial charge in [-0.05, 0) is 36.6 Å². The minimum atomic E-state index is 0.196. The molecule has 0 aliphatic heterocycles. The molecule has 0 aliphatic rings. The lowest BCUT2D eigenvalue weighted by Crippen LogP contribution is -2.08. The Hall–Kier alpha value is -1.60. The molecule has 0 aliphatic carbocycles. The van der Waals surface area contributed by atoms with Crippen LogP contribution < -0.4 is 0 Å². The highest BCUT2D eigenvalue weighted by Crippen LogP contribution is 2.17. The van der Waals surface area contributed by atoms with Crippen molar-refractivity contribution >= 4 is 17.4 Å². The van der Waals surface area contributed by atoms with Crippen molar-refractivity contribution in [3.8, 4) is 0 Å². The largest absolute Gasteiger partial charge is 0.299 e. The van der Waals surface area contributed by atoms with Crippen LogP contribution in [0, 0.1) is 13.8 Å². The molecule has 0 heterocycles. The van der Waals surface area contributed by atoms with Gasteiger partial charge in [0.1, 0.15) is 5.78 Å². The second-order valence-corrected chi connectivity index (χ2v) is 5.32. The Morgan fingerprint density at radius 1 is 1.00 bits per heavy atom. The van der Waals surface area contributed by atoms with Crippen LogP contribution in [0.25, 0.3) is 0 Å². The summed E-state index contributed by atoms with van der Waals surface area (Å²) in [5, 5.41) is 0.664. The van der Waals surface area contributed by atoms with E-state index in [1.54, 1.807) is 0 Å². The van der Waals surface area contributed by atoms with Gasteiger partial charge in [-0.1, -0.05) is 53.6 Å². The van der Waals surface area contributed by atoms with E-state index >= 15 is 0 Å². The van der Waals surface area contributed by atoms with Gasteiger partial charge in [0.25, 0.3) is 0 Å². The normalized spacial score (nSPS) is 10.5. The summed E-state index contributed by atoms with van der Waals surface area (Å²) in [5.74, 6) is 0.196. The minimum absolute atomic E-state index is 0.196. The van der Waals surface area contributed by atoms with E-state index in [9.17, 15) is 4.79 Å². The van der Waals surface area contributed by atoms with Crippen molar-refractivity contribution in [3.05, 3.63) is 69.7 Å². The van der Waals surface area contributed by atoms with Crippen LogP contribution >= 0.6 is 11.6 Å². The summed E-state index contributed by atoms with van der Waals surface area (Å²) >= 11 is 6.08. The molecule has 2 heteroatoms. The van der Waals surface area contributed by atoms with E-state index in [4.69, 9.17) is 11.6 Å². The third-order valence-electron chi connectivity index (χ3n) is 3.24. The van der Waals surface area contributed by atoms with Crippen molar-refractivity contribution in [1.29, 1.82) is 0 Å². The van der Waals surface area contributed by atoms with Crippen LogP contribution in [0.4, 0.5) is 0 Å². The van der Waals surface area contributed by atoms with Crippen LogP contribution in [-0.2, 0) is 17.6 Å². The fourth-order valence-corrected chi connectivity index (χ4v) is 2.32. The highest BCUT2D eigenvalue weighted by Gasteiger charge is 2.09. The molecular formula is C17H17ClO. The molecule has 1 nitrogen and oxygen atoms in total. The molecule has 0 spiro atoms. The number of carbonyl (C=O) groups is 1. The number of hydrogen-bond donors (Lipinski definition) is 0. The van der Waals surface area contributed by atoms with Crippen LogP contribution in [0.2, 0.25) is 5.02 Å². The molecule has 19 heavy (non-hydrogen) atoms. The monoisotopic (exact) mass is 272 g/mol. The Morgan fingerprint density at radius 3 is 2.42 bits per heavy atom. The first kappa shape index (κ1) is 13.8. The average Bonchev–Trinajstić information content (AvgIpc) is 2.37. The number of hydrogen-bond acceptors (Lipinski definition) is 1. The topological polar surface area (TPSA) is 17.1 Å². The molecule has 2 rings (SSSR count). The Labute approximate surface area is 119 Å². The first-order valence-electron chi connectivity index (χ1n) is 6.37. The van der Waals surface area contributed by atoms with E-state index in [-0.39, 0.29) is 5.78 Å². The Balaban J connectivity index is 2.10. The van der Waals surface area contributed by atoms with Gasteiger partial charge in [-0.3, -0.25) is 4.79 Å². The zero-order valence-corrected chi connectivity index (χ0v) is 12.0. The van der Waals surface area contributed by atoms with Crippen LogP contribution in [0.1, 0.15) is 22.3 Å². The van der Waals surface area contributed by atoms with Crippen molar-refractivity contribution in [2.75, 3.05) is 0 Å². The van der Waals surface area contributed by atoms with Gasteiger partial charge >= 0.3 is 0 Å². The van der Waals surface area contributed by atoms with E-state index in [1.807, 2.05) is 38.1 Å². The smallest absolute Gasteiger partial charge is 0.141 e. The number of rotatable bonds is 4. The van der Waals surface area contributed by atoms with Gasteiger partial charge < -0.3 is 0 Å². The Kier molecular flexibility index (Phi) is 4.39. The van der Waals surface area contributed by atoms with Gasteiger partial charge in [0, 0.05) is 17.9 Å². The molecule has 2 aromatic rings. The van der Waals surface area contributed by atoms with E-state index in [2.05, 4.69) is 18.2 Å². The molecule has 0 atom stereocenters. The molecule has 0 saturated carbocycles. The fourth-order valence-electron chi connectivity index (χ4n) is 2.12. The molecule has 0 bridgehead atoms. The highest BCUT2D eigenvalue weighted by molar-refractivity contribution is 6.31. The minimum Gasteiger partial charge on any atom is -0.299 e. The van der Waals surface area contributed by atoms with E-state index in [0.717, 1.165) is 16.7 Å². The summed E-state index contributed by atoms with van der Waals surface area (Å²) in [6.07, 6.45) is 0.867. The SMILES string of the molecule is Cc1ccc(C)c(CC(=O)Cc2ccccc2Cl)c1. The molecule has 0 amide bonds. The standard InChI is InChI=1S/C17H17ClO/c1-12-7-8-13(2)15(9-12)11-16(19)10-14-5-3-4-6-17(14)18/h3-9H,10-11H2,1-2H3. The van der Waals surface area contributed by atoms with Crippen molar-refractivity contribution in [1.82, 2.24) is 0 Å². The maximum absolute atomic E-state index is 12.1. The molecule has 0 aromatic heterocycles. The number of benzene rings is 2. The second kappa shape index (κ2) is 6.03. The summed E-state index contributed by atoms with van der Waals surface area (Å²) in [6, 6.07) is 13.7. The fraction of sp³-hybridized carbons (Fsp3) is 0.235. The molecule has 0 N–H and O–H groups in total. The molecule has 0 saturated heterocycles. The maximum Gasteiger partial charge on any atom is 0.141 e. The summed E-state index contributed by atoms with van der Waals surface area (Å²) in [7, 11) is 0. The van der Waals surface area contributed by atoms with E-state index in [1.165, 1.54) is 5.56 Å². The predicted octanol–water partition coefficient (Wildman–Crippen LogP) is 4.31. The first-order chi connectivity index (χ1) is 9.06. The number of ketones is 1. The van der Waals surface area contributed by atoms with Gasteiger partial charge in [0.2, 0.25) is 0 Å². The number of carbonyl (C=O) groups excluding carboxylic acids is 1. The quantitative estimate of drug-likeness (QED) is 0.810. The average molecular weight is 273 g/mol. The van der Waals surface area contributed by atoms with Crippen LogP contribution in [0.15, 0.2) is 42.5 Å². The lowest BCUT2D eigenvalue weighted by Gasteiger charge is -2.07. The van der Waals surface area contributed by atoms with Crippen molar-refractivity contribution in [2.24, 2.45) is 0 Å². The van der Waals surface area contributed by atoms with Crippen molar-refractivity contribution < 1.29 is 4.79 Å². The zero-order valence-electron chi connectivity index (χ0n) is 11.2. The van der Waals surface area contributed by atoms with Crippen molar-refractivity contribution in [3.63, 3.8) is 0 Å². The second-order valence-electron chi connectivity index (χ2n) is 4.91. The van der Waals surface area contributed by atoms with E-state index < -0.39 is 0 Å². The van der Waals surface area contributed by atoms with Gasteiger partial charge in [-0.25, -0.2) is 0 Å². The van der Waals surface area contributed by atoms with Gasteiger partial charge in [-0.15, -0.1) is 0 Å². The lowest BCUT2D eigenvalue weighted by molar-refractivity contribution is -0.117. The Bertz CT molecular complexity index is 602. The zero-order chi connectivity index (χ0) is 13.8. The predicted molar refractivity (Wildman–Crippen MR) is 79.8 cm³/mol.